The van der Waals surface area contributed by atoms with Crippen LogP contribution < -0.4 is 0 Å². The summed E-state index contributed by atoms with van der Waals surface area (Å²) in [5, 5.41) is 0. The number of halogens is 1. The molecule has 0 unspecified atom stereocenters. The van der Waals surface area contributed by atoms with Gasteiger partial charge < -0.3 is 4.85 Å². The number of benzene rings is 1. The Kier molecular flexibility index (Phi) is 3.66. The van der Waals surface area contributed by atoms with E-state index in [1.54, 1.807) is 0 Å². The molecule has 0 radical (unpaired) electrons. The molecule has 1 nitrogen and oxygen atoms in total. The van der Waals surface area contributed by atoms with Gasteiger partial charge in [-0.25, -0.2) is 6.57 Å². The Morgan fingerprint density at radius 3 is 2.31 bits per heavy atom. The van der Waals surface area contributed by atoms with Gasteiger partial charge in [0.1, 0.15) is 0 Å². The van der Waals surface area contributed by atoms with Gasteiger partial charge in [-0.15, -0.1) is 0 Å². The fraction of sp³-hybridized carbons (Fsp3) is 0.500. The molecule has 1 aromatic rings. The summed E-state index contributed by atoms with van der Waals surface area (Å²) in [5.74, 6) is 0. The molecule has 84 valence electrons. The van der Waals surface area contributed by atoms with Crippen molar-refractivity contribution in [3.05, 3.63) is 45.7 Å². The molecular formula is C14H16BrN. The molecule has 1 fully saturated rings. The second-order valence-corrected chi connectivity index (χ2v) is 5.58. The molecule has 0 saturated heterocycles. The van der Waals surface area contributed by atoms with E-state index in [0.717, 1.165) is 4.47 Å². The van der Waals surface area contributed by atoms with Crippen LogP contribution in [0, 0.1) is 6.57 Å². The maximum Gasteiger partial charge on any atom is 0.224 e. The molecule has 0 spiro atoms. The molecule has 0 N–H and O–H groups in total. The lowest BCUT2D eigenvalue weighted by Crippen LogP contribution is -2.31. The van der Waals surface area contributed by atoms with Gasteiger partial charge in [0.15, 0.2) is 0 Å². The Morgan fingerprint density at radius 2 is 1.75 bits per heavy atom. The summed E-state index contributed by atoms with van der Waals surface area (Å²) < 4.78 is 1.12. The molecule has 0 amide bonds. The minimum Gasteiger partial charge on any atom is -0.316 e. The summed E-state index contributed by atoms with van der Waals surface area (Å²) >= 11 is 3.47. The van der Waals surface area contributed by atoms with E-state index in [1.807, 2.05) is 0 Å². The summed E-state index contributed by atoms with van der Waals surface area (Å²) in [4.78, 5) is 3.67. The minimum absolute atomic E-state index is 0.140. The van der Waals surface area contributed by atoms with E-state index in [2.05, 4.69) is 45.0 Å². The molecule has 0 atom stereocenters. The van der Waals surface area contributed by atoms with E-state index in [0.29, 0.717) is 6.54 Å². The van der Waals surface area contributed by atoms with Crippen molar-refractivity contribution in [2.24, 2.45) is 0 Å². The molecule has 1 saturated carbocycles. The zero-order valence-electron chi connectivity index (χ0n) is 9.38. The van der Waals surface area contributed by atoms with Crippen LogP contribution >= 0.6 is 15.9 Å². The molecule has 0 heterocycles. The van der Waals surface area contributed by atoms with Crippen LogP contribution in [0.1, 0.15) is 37.7 Å². The Hall–Kier alpha value is -0.810. The zero-order chi connectivity index (χ0) is 11.4. The van der Waals surface area contributed by atoms with Gasteiger partial charge in [-0.1, -0.05) is 47.3 Å². The molecule has 1 aliphatic carbocycles. The van der Waals surface area contributed by atoms with Crippen LogP contribution in [0.4, 0.5) is 0 Å². The summed E-state index contributed by atoms with van der Waals surface area (Å²) in [6, 6.07) is 8.55. The second-order valence-electron chi connectivity index (χ2n) is 4.66. The zero-order valence-corrected chi connectivity index (χ0v) is 11.0. The van der Waals surface area contributed by atoms with Crippen molar-refractivity contribution in [3.63, 3.8) is 0 Å². The van der Waals surface area contributed by atoms with Crippen LogP contribution in [-0.2, 0) is 5.41 Å². The molecule has 16 heavy (non-hydrogen) atoms. The van der Waals surface area contributed by atoms with E-state index >= 15 is 0 Å². The first kappa shape index (κ1) is 11.7. The van der Waals surface area contributed by atoms with Crippen molar-refractivity contribution < 1.29 is 0 Å². The first-order valence-electron chi connectivity index (χ1n) is 5.86. The SMILES string of the molecule is [C-]#[N+]CC1(c2ccc(Br)cc2)CCCCC1. The fourth-order valence-electron chi connectivity index (χ4n) is 2.72. The first-order chi connectivity index (χ1) is 7.77. The van der Waals surface area contributed by atoms with E-state index in [1.165, 1.54) is 37.7 Å². The fourth-order valence-corrected chi connectivity index (χ4v) is 2.99. The average molecular weight is 278 g/mol. The van der Waals surface area contributed by atoms with Crippen LogP contribution in [0.15, 0.2) is 28.7 Å². The predicted molar refractivity (Wildman–Crippen MR) is 70.4 cm³/mol. The average Bonchev–Trinajstić information content (AvgIpc) is 2.31. The highest BCUT2D eigenvalue weighted by atomic mass is 79.9. The molecule has 2 heteroatoms. The Morgan fingerprint density at radius 1 is 1.12 bits per heavy atom. The Balaban J connectivity index is 2.31. The van der Waals surface area contributed by atoms with E-state index < -0.39 is 0 Å². The highest BCUT2D eigenvalue weighted by molar-refractivity contribution is 9.10. The lowest BCUT2D eigenvalue weighted by atomic mass is 9.69. The predicted octanol–water partition coefficient (Wildman–Crippen LogP) is 4.57. The summed E-state index contributed by atoms with van der Waals surface area (Å²) in [5.41, 5.74) is 1.49. The summed E-state index contributed by atoms with van der Waals surface area (Å²) in [6.45, 7) is 7.82. The summed E-state index contributed by atoms with van der Waals surface area (Å²) in [6.07, 6.45) is 6.22. The second kappa shape index (κ2) is 5.01. The van der Waals surface area contributed by atoms with Gasteiger partial charge in [-0.2, -0.15) is 0 Å². The molecule has 1 aromatic carbocycles. The lowest BCUT2D eigenvalue weighted by Gasteiger charge is -2.33. The maximum absolute atomic E-state index is 7.17. The molecular weight excluding hydrogens is 262 g/mol. The highest BCUT2D eigenvalue weighted by Crippen LogP contribution is 2.40. The molecule has 0 aliphatic heterocycles. The van der Waals surface area contributed by atoms with Crippen LogP contribution in [0.5, 0.6) is 0 Å². The number of nitrogens with zero attached hydrogens (tertiary/aromatic N) is 1. The summed E-state index contributed by atoms with van der Waals surface area (Å²) in [7, 11) is 0. The number of rotatable bonds is 2. The van der Waals surface area contributed by atoms with E-state index in [-0.39, 0.29) is 5.41 Å². The van der Waals surface area contributed by atoms with E-state index in [4.69, 9.17) is 6.57 Å². The smallest absolute Gasteiger partial charge is 0.224 e. The van der Waals surface area contributed by atoms with Gasteiger partial charge in [0, 0.05) is 4.47 Å². The van der Waals surface area contributed by atoms with Crippen molar-refractivity contribution in [2.75, 3.05) is 6.54 Å². The number of hydrogen-bond donors (Lipinski definition) is 0. The van der Waals surface area contributed by atoms with Crippen molar-refractivity contribution >= 4 is 15.9 Å². The Bertz CT molecular complexity index is 382. The van der Waals surface area contributed by atoms with Crippen LogP contribution in [0.3, 0.4) is 0 Å². The van der Waals surface area contributed by atoms with Gasteiger partial charge in [0.2, 0.25) is 6.54 Å². The van der Waals surface area contributed by atoms with Crippen LogP contribution in [0.25, 0.3) is 4.85 Å². The van der Waals surface area contributed by atoms with Gasteiger partial charge in [-0.3, -0.25) is 0 Å². The van der Waals surface area contributed by atoms with Gasteiger partial charge >= 0.3 is 0 Å². The molecule has 0 aromatic heterocycles. The van der Waals surface area contributed by atoms with Crippen LogP contribution in [0.2, 0.25) is 0 Å². The van der Waals surface area contributed by atoms with Gasteiger partial charge in [0.25, 0.3) is 0 Å². The van der Waals surface area contributed by atoms with Crippen LogP contribution in [-0.4, -0.2) is 6.54 Å². The van der Waals surface area contributed by atoms with Crippen molar-refractivity contribution in [3.8, 4) is 0 Å². The topological polar surface area (TPSA) is 4.36 Å². The van der Waals surface area contributed by atoms with Gasteiger partial charge in [0.05, 0.1) is 5.41 Å². The monoisotopic (exact) mass is 277 g/mol. The highest BCUT2D eigenvalue weighted by Gasteiger charge is 2.36. The normalized spacial score (nSPS) is 19.0. The van der Waals surface area contributed by atoms with Crippen molar-refractivity contribution in [2.45, 2.75) is 37.5 Å². The molecule has 2 rings (SSSR count). The lowest BCUT2D eigenvalue weighted by molar-refractivity contribution is 0.313. The third kappa shape index (κ3) is 2.30. The number of hydrogen-bond acceptors (Lipinski definition) is 0. The van der Waals surface area contributed by atoms with Gasteiger partial charge in [-0.05, 0) is 30.5 Å². The third-order valence-corrected chi connectivity index (χ3v) is 4.18. The molecule has 0 bridgehead atoms. The molecule has 1 aliphatic rings. The minimum atomic E-state index is 0.140. The third-order valence-electron chi connectivity index (χ3n) is 3.65. The maximum atomic E-state index is 7.17. The Labute approximate surface area is 106 Å². The van der Waals surface area contributed by atoms with Crippen molar-refractivity contribution in [1.29, 1.82) is 0 Å². The largest absolute Gasteiger partial charge is 0.316 e. The standard InChI is InChI=1S/C14H16BrN/c1-16-11-14(9-3-2-4-10-14)12-5-7-13(15)8-6-12/h5-8H,2-4,9-11H2. The quantitative estimate of drug-likeness (QED) is 0.698. The van der Waals surface area contributed by atoms with E-state index in [9.17, 15) is 0 Å². The van der Waals surface area contributed by atoms with Crippen molar-refractivity contribution in [1.82, 2.24) is 0 Å². The first-order valence-corrected chi connectivity index (χ1v) is 6.65.